The highest BCUT2D eigenvalue weighted by atomic mass is 79.9. The zero-order valence-electron chi connectivity index (χ0n) is 16.0. The Bertz CT molecular complexity index is 1100. The molecule has 1 saturated heterocycles. The van der Waals surface area contributed by atoms with Crippen LogP contribution in [0.25, 0.3) is 0 Å². The molecule has 4 rings (SSSR count). The SMILES string of the molecule is O=S(=O)(c1ccc(Br)cc1)N1CCCN(c2nc(Cc3ccc(Cl)cc3)ns2)CC1. The molecule has 0 aliphatic carbocycles. The van der Waals surface area contributed by atoms with Gasteiger partial charge in [0.2, 0.25) is 15.2 Å². The molecule has 2 heterocycles. The lowest BCUT2D eigenvalue weighted by atomic mass is 10.1. The summed E-state index contributed by atoms with van der Waals surface area (Å²) in [6, 6.07) is 14.4. The fourth-order valence-corrected chi connectivity index (χ4v) is 5.91. The van der Waals surface area contributed by atoms with Crippen molar-refractivity contribution >= 4 is 54.2 Å². The highest BCUT2D eigenvalue weighted by molar-refractivity contribution is 9.10. The number of aromatic nitrogens is 2. The topological polar surface area (TPSA) is 66.4 Å². The number of benzene rings is 2. The molecule has 0 amide bonds. The maximum Gasteiger partial charge on any atom is 0.243 e. The van der Waals surface area contributed by atoms with Crippen molar-refractivity contribution in [1.29, 1.82) is 0 Å². The van der Waals surface area contributed by atoms with Gasteiger partial charge in [-0.25, -0.2) is 13.4 Å². The predicted octanol–water partition coefficient (Wildman–Crippen LogP) is 4.45. The third-order valence-corrected chi connectivity index (χ3v) is 8.42. The van der Waals surface area contributed by atoms with Crippen molar-refractivity contribution in [2.75, 3.05) is 31.1 Å². The summed E-state index contributed by atoms with van der Waals surface area (Å²) in [5.41, 5.74) is 1.10. The van der Waals surface area contributed by atoms with Gasteiger partial charge in [0.15, 0.2) is 0 Å². The lowest BCUT2D eigenvalue weighted by molar-refractivity contribution is 0.433. The molecule has 0 spiro atoms. The Morgan fingerprint density at radius 3 is 2.47 bits per heavy atom. The molecule has 30 heavy (non-hydrogen) atoms. The normalized spacial score (nSPS) is 15.9. The standard InChI is InChI=1S/C20H20BrClN4O2S2/c21-16-4-8-18(9-5-16)30(27,28)26-11-1-10-25(12-13-26)20-23-19(24-29-20)14-15-2-6-17(22)7-3-15/h2-9H,1,10-14H2. The van der Waals surface area contributed by atoms with Gasteiger partial charge < -0.3 is 4.90 Å². The molecular weight excluding hydrogens is 508 g/mol. The van der Waals surface area contributed by atoms with E-state index in [1.807, 2.05) is 24.3 Å². The van der Waals surface area contributed by atoms with Gasteiger partial charge in [-0.05, 0) is 48.4 Å². The van der Waals surface area contributed by atoms with Crippen molar-refractivity contribution in [3.8, 4) is 0 Å². The van der Waals surface area contributed by atoms with Gasteiger partial charge in [-0.15, -0.1) is 0 Å². The smallest absolute Gasteiger partial charge is 0.243 e. The zero-order chi connectivity index (χ0) is 21.1. The average Bonchev–Trinajstić information content (AvgIpc) is 3.04. The molecule has 0 radical (unpaired) electrons. The van der Waals surface area contributed by atoms with Crippen LogP contribution in [0.1, 0.15) is 17.8 Å². The van der Waals surface area contributed by atoms with E-state index in [9.17, 15) is 8.42 Å². The van der Waals surface area contributed by atoms with Crippen molar-refractivity contribution in [2.24, 2.45) is 0 Å². The van der Waals surface area contributed by atoms with Crippen molar-refractivity contribution in [2.45, 2.75) is 17.7 Å². The van der Waals surface area contributed by atoms with Crippen LogP contribution in [0, 0.1) is 0 Å². The minimum Gasteiger partial charge on any atom is -0.345 e. The fourth-order valence-electron chi connectivity index (χ4n) is 3.31. The van der Waals surface area contributed by atoms with Crippen molar-refractivity contribution in [3.63, 3.8) is 0 Å². The maximum absolute atomic E-state index is 13.0. The van der Waals surface area contributed by atoms with E-state index in [1.54, 1.807) is 28.6 Å². The molecule has 10 heteroatoms. The second-order valence-corrected chi connectivity index (χ2v) is 11.0. The fraction of sp³-hybridized carbons (Fsp3) is 0.300. The Morgan fingerprint density at radius 2 is 1.73 bits per heavy atom. The zero-order valence-corrected chi connectivity index (χ0v) is 20.0. The van der Waals surface area contributed by atoms with Gasteiger partial charge in [-0.2, -0.15) is 8.68 Å². The Labute approximate surface area is 193 Å². The molecule has 6 nitrogen and oxygen atoms in total. The highest BCUT2D eigenvalue weighted by Gasteiger charge is 2.27. The summed E-state index contributed by atoms with van der Waals surface area (Å²) in [6.07, 6.45) is 1.38. The van der Waals surface area contributed by atoms with Crippen LogP contribution in [0.15, 0.2) is 57.9 Å². The van der Waals surface area contributed by atoms with Gasteiger partial charge in [-0.3, -0.25) is 0 Å². The molecule has 0 saturated carbocycles. The Kier molecular flexibility index (Phi) is 6.74. The highest BCUT2D eigenvalue weighted by Crippen LogP contribution is 2.24. The first kappa shape index (κ1) is 21.7. The molecule has 158 valence electrons. The van der Waals surface area contributed by atoms with Crippen LogP contribution < -0.4 is 4.90 Å². The van der Waals surface area contributed by atoms with Crippen molar-refractivity contribution in [1.82, 2.24) is 13.7 Å². The summed E-state index contributed by atoms with van der Waals surface area (Å²) in [4.78, 5) is 7.12. The first-order valence-corrected chi connectivity index (χ1v) is 12.9. The van der Waals surface area contributed by atoms with Gasteiger partial charge in [0.1, 0.15) is 5.82 Å². The van der Waals surface area contributed by atoms with E-state index in [2.05, 4.69) is 30.2 Å². The summed E-state index contributed by atoms with van der Waals surface area (Å²) in [7, 11) is -3.50. The van der Waals surface area contributed by atoms with E-state index in [0.717, 1.165) is 34.0 Å². The number of rotatable bonds is 5. The van der Waals surface area contributed by atoms with Crippen LogP contribution >= 0.6 is 39.1 Å². The van der Waals surface area contributed by atoms with Gasteiger partial charge in [0.25, 0.3) is 0 Å². The van der Waals surface area contributed by atoms with Crippen LogP contribution in [-0.4, -0.2) is 48.3 Å². The average molecular weight is 528 g/mol. The van der Waals surface area contributed by atoms with Crippen LogP contribution in [0.5, 0.6) is 0 Å². The second kappa shape index (κ2) is 9.32. The first-order chi connectivity index (χ1) is 14.4. The minimum absolute atomic E-state index is 0.320. The lowest BCUT2D eigenvalue weighted by Crippen LogP contribution is -2.35. The molecule has 1 aliphatic heterocycles. The Hall–Kier alpha value is -1.52. The van der Waals surface area contributed by atoms with Gasteiger partial charge in [-0.1, -0.05) is 39.7 Å². The van der Waals surface area contributed by atoms with Crippen LogP contribution in [-0.2, 0) is 16.4 Å². The largest absolute Gasteiger partial charge is 0.345 e. The first-order valence-electron chi connectivity index (χ1n) is 9.49. The maximum atomic E-state index is 13.0. The molecule has 0 N–H and O–H groups in total. The third-order valence-electron chi connectivity index (χ3n) is 4.91. The number of nitrogens with zero attached hydrogens (tertiary/aromatic N) is 4. The summed E-state index contributed by atoms with van der Waals surface area (Å²) < 4.78 is 32.9. The van der Waals surface area contributed by atoms with Crippen molar-refractivity contribution in [3.05, 3.63) is 69.4 Å². The number of halogens is 2. The van der Waals surface area contributed by atoms with Gasteiger partial charge >= 0.3 is 0 Å². The minimum atomic E-state index is -3.50. The van der Waals surface area contributed by atoms with Crippen LogP contribution in [0.4, 0.5) is 5.13 Å². The number of sulfonamides is 1. The summed E-state index contributed by atoms with van der Waals surface area (Å²) in [5.74, 6) is 0.765. The van der Waals surface area contributed by atoms with Crippen LogP contribution in [0.2, 0.25) is 5.02 Å². The monoisotopic (exact) mass is 526 g/mol. The lowest BCUT2D eigenvalue weighted by Gasteiger charge is -2.21. The van der Waals surface area contributed by atoms with E-state index >= 15 is 0 Å². The van der Waals surface area contributed by atoms with E-state index < -0.39 is 10.0 Å². The van der Waals surface area contributed by atoms with Crippen LogP contribution in [0.3, 0.4) is 0 Å². The second-order valence-electron chi connectivity index (χ2n) is 7.00. The molecule has 0 unspecified atom stereocenters. The molecule has 0 atom stereocenters. The Balaban J connectivity index is 1.42. The summed E-state index contributed by atoms with van der Waals surface area (Å²) in [6.45, 7) is 2.25. The number of hydrogen-bond donors (Lipinski definition) is 0. The van der Waals surface area contributed by atoms with E-state index in [4.69, 9.17) is 11.6 Å². The molecule has 1 fully saturated rings. The van der Waals surface area contributed by atoms with Gasteiger partial charge in [0.05, 0.1) is 4.90 Å². The van der Waals surface area contributed by atoms with E-state index in [-0.39, 0.29) is 0 Å². The van der Waals surface area contributed by atoms with Crippen molar-refractivity contribution < 1.29 is 8.42 Å². The molecule has 1 aliphatic rings. The third kappa shape index (κ3) is 5.03. The predicted molar refractivity (Wildman–Crippen MR) is 124 cm³/mol. The quantitative estimate of drug-likeness (QED) is 0.491. The number of anilines is 1. The van der Waals surface area contributed by atoms with E-state index in [1.165, 1.54) is 11.5 Å². The van der Waals surface area contributed by atoms with E-state index in [0.29, 0.717) is 36.0 Å². The summed E-state index contributed by atoms with van der Waals surface area (Å²) in [5, 5.41) is 1.54. The molecule has 2 aromatic carbocycles. The summed E-state index contributed by atoms with van der Waals surface area (Å²) >= 11 is 10.6. The molecule has 0 bridgehead atoms. The number of hydrogen-bond acceptors (Lipinski definition) is 6. The van der Waals surface area contributed by atoms with Gasteiger partial charge in [0, 0.05) is 53.6 Å². The Morgan fingerprint density at radius 1 is 1.00 bits per heavy atom. The molecule has 3 aromatic rings. The molecular formula is C20H20BrClN4O2S2. The molecule has 1 aromatic heterocycles.